The molecule has 10 heavy (non-hydrogen) atoms. The van der Waals surface area contributed by atoms with E-state index in [1.165, 1.54) is 6.42 Å². The molecule has 0 aliphatic carbocycles. The Hall–Kier alpha value is 0.870. The molecule has 0 saturated carbocycles. The van der Waals surface area contributed by atoms with Crippen LogP contribution in [0.3, 0.4) is 0 Å². The van der Waals surface area contributed by atoms with E-state index >= 15 is 0 Å². The zero-order chi connectivity index (χ0) is 8.20. The van der Waals surface area contributed by atoms with Gasteiger partial charge in [0.2, 0.25) is 0 Å². The van der Waals surface area contributed by atoms with Gasteiger partial charge in [0.05, 0.1) is 0 Å². The Morgan fingerprint density at radius 2 is 1.70 bits per heavy atom. The van der Waals surface area contributed by atoms with Crippen LogP contribution in [0.25, 0.3) is 0 Å². The van der Waals surface area contributed by atoms with Crippen LogP contribution in [0.1, 0.15) is 41.0 Å². The van der Waals surface area contributed by atoms with Gasteiger partial charge >= 0.3 is 77.2 Å². The van der Waals surface area contributed by atoms with Gasteiger partial charge in [0.25, 0.3) is 0 Å². The van der Waals surface area contributed by atoms with Crippen LogP contribution in [-0.2, 0) is 0 Å². The summed E-state index contributed by atoms with van der Waals surface area (Å²) in [6.45, 7) is 11.8. The van der Waals surface area contributed by atoms with Gasteiger partial charge in [-0.05, 0) is 0 Å². The average molecular weight is 244 g/mol. The number of hydrogen-bond donors (Lipinski definition) is 0. The van der Waals surface area contributed by atoms with Crippen LogP contribution in [0.2, 0.25) is 7.85 Å². The fraction of sp³-hybridized carbons (Fsp3) is 1.00. The Morgan fingerprint density at radius 3 is 2.00 bits per heavy atom. The Bertz CT molecular complexity index is 79.2. The third kappa shape index (κ3) is 8.87. The molecule has 1 heteroatoms. The van der Waals surface area contributed by atoms with Crippen molar-refractivity contribution in [2.75, 3.05) is 0 Å². The molecule has 0 aromatic carbocycles. The number of rotatable bonds is 3. The van der Waals surface area contributed by atoms with Crippen molar-refractivity contribution < 1.29 is 0 Å². The zero-order valence-corrected chi connectivity index (χ0v) is 12.2. The Labute approximate surface area is 77.1 Å². The second kappa shape index (κ2) is 4.69. The quantitative estimate of drug-likeness (QED) is 0.715. The van der Waals surface area contributed by atoms with E-state index in [-0.39, 0.29) is 22.9 Å². The van der Waals surface area contributed by atoms with Crippen molar-refractivity contribution in [2.45, 2.75) is 48.9 Å². The normalized spacial score (nSPS) is 12.2. The average Bonchev–Trinajstić information content (AvgIpc) is 1.59. The molecule has 0 N–H and O–H groups in total. The van der Waals surface area contributed by atoms with Gasteiger partial charge in [-0.3, -0.25) is 0 Å². The molecule has 0 aromatic rings. The summed E-state index contributed by atoms with van der Waals surface area (Å²) in [5, 5.41) is 0. The van der Waals surface area contributed by atoms with E-state index in [0.29, 0.717) is 5.41 Å². The van der Waals surface area contributed by atoms with Gasteiger partial charge in [0.1, 0.15) is 0 Å². The van der Waals surface area contributed by atoms with Crippen molar-refractivity contribution in [1.29, 1.82) is 0 Å². The SMILES string of the molecule is C[CH](C)[InH][CH2]CC(C)(C)C. The van der Waals surface area contributed by atoms with E-state index in [0.717, 1.165) is 3.67 Å². The molecule has 0 bridgehead atoms. The first kappa shape index (κ1) is 10.9. The fourth-order valence-corrected chi connectivity index (χ4v) is 6.98. The van der Waals surface area contributed by atoms with E-state index in [2.05, 4.69) is 34.6 Å². The van der Waals surface area contributed by atoms with E-state index in [1.807, 2.05) is 0 Å². The summed E-state index contributed by atoms with van der Waals surface area (Å²) in [6, 6.07) is 0. The second-order valence-corrected chi connectivity index (χ2v) is 13.2. The van der Waals surface area contributed by atoms with E-state index in [4.69, 9.17) is 0 Å². The Kier molecular flexibility index (Phi) is 5.10. The third-order valence-electron chi connectivity index (χ3n) is 1.71. The molecular formula is C9H21In. The molecular weight excluding hydrogens is 223 g/mol. The zero-order valence-electron chi connectivity index (χ0n) is 8.20. The summed E-state index contributed by atoms with van der Waals surface area (Å²) in [4.78, 5) is 0. The maximum absolute atomic E-state index is 2.39. The van der Waals surface area contributed by atoms with Crippen LogP contribution in [0.15, 0.2) is 0 Å². The molecule has 0 atom stereocenters. The van der Waals surface area contributed by atoms with Gasteiger partial charge in [-0.2, -0.15) is 0 Å². The van der Waals surface area contributed by atoms with Crippen LogP contribution >= 0.6 is 0 Å². The van der Waals surface area contributed by atoms with Gasteiger partial charge in [-0.15, -0.1) is 0 Å². The molecule has 0 heterocycles. The fourth-order valence-electron chi connectivity index (χ4n) is 1.04. The predicted octanol–water partition coefficient (Wildman–Crippen LogP) is 3.11. The number of hydrogen-bond acceptors (Lipinski definition) is 0. The van der Waals surface area contributed by atoms with E-state index < -0.39 is 0 Å². The van der Waals surface area contributed by atoms with Crippen molar-refractivity contribution in [2.24, 2.45) is 5.41 Å². The molecule has 0 radical (unpaired) electrons. The van der Waals surface area contributed by atoms with Gasteiger partial charge in [0, 0.05) is 0 Å². The summed E-state index contributed by atoms with van der Waals surface area (Å²) in [7, 11) is 0. The third-order valence-corrected chi connectivity index (χ3v) is 7.18. The van der Waals surface area contributed by atoms with Crippen molar-refractivity contribution in [1.82, 2.24) is 0 Å². The Balaban J connectivity index is 3.21. The van der Waals surface area contributed by atoms with Crippen LogP contribution in [0.4, 0.5) is 0 Å². The minimum absolute atomic E-state index is 0.307. The van der Waals surface area contributed by atoms with Gasteiger partial charge in [-0.1, -0.05) is 0 Å². The topological polar surface area (TPSA) is 0 Å². The monoisotopic (exact) mass is 244 g/mol. The van der Waals surface area contributed by atoms with Gasteiger partial charge < -0.3 is 0 Å². The minimum atomic E-state index is -0.307. The van der Waals surface area contributed by atoms with Gasteiger partial charge in [-0.25, -0.2) is 0 Å². The van der Waals surface area contributed by atoms with E-state index in [1.54, 1.807) is 4.18 Å². The summed E-state index contributed by atoms with van der Waals surface area (Å²) < 4.78 is 2.69. The second-order valence-electron chi connectivity index (χ2n) is 4.85. The van der Waals surface area contributed by atoms with Crippen molar-refractivity contribution >= 4 is 22.9 Å². The first-order valence-electron chi connectivity index (χ1n) is 4.42. The van der Waals surface area contributed by atoms with Crippen LogP contribution in [0, 0.1) is 5.41 Å². The maximum atomic E-state index is 2.39. The summed E-state index contributed by atoms with van der Waals surface area (Å²) in [5.41, 5.74) is 0.589. The molecule has 0 aliphatic heterocycles. The predicted molar refractivity (Wildman–Crippen MR) is 51.1 cm³/mol. The molecule has 0 rings (SSSR count). The molecule has 0 aliphatic rings. The molecule has 60 valence electrons. The van der Waals surface area contributed by atoms with Crippen LogP contribution in [-0.4, -0.2) is 22.9 Å². The van der Waals surface area contributed by atoms with E-state index in [9.17, 15) is 0 Å². The van der Waals surface area contributed by atoms with Crippen molar-refractivity contribution in [3.8, 4) is 0 Å². The van der Waals surface area contributed by atoms with Crippen molar-refractivity contribution in [3.05, 3.63) is 0 Å². The Morgan fingerprint density at radius 1 is 1.20 bits per heavy atom. The molecule has 0 nitrogen and oxygen atoms in total. The van der Waals surface area contributed by atoms with Gasteiger partial charge in [0.15, 0.2) is 0 Å². The molecule has 0 amide bonds. The van der Waals surface area contributed by atoms with Crippen LogP contribution < -0.4 is 0 Å². The molecule has 0 fully saturated rings. The molecule has 0 unspecified atom stereocenters. The van der Waals surface area contributed by atoms with Crippen LogP contribution in [0.5, 0.6) is 0 Å². The summed E-state index contributed by atoms with van der Waals surface area (Å²) >= 11 is -0.307. The molecule has 0 spiro atoms. The first-order chi connectivity index (χ1) is 4.42. The molecule has 0 aromatic heterocycles. The standard InChI is InChI=1S/C6H13.C3H7.In.H/c1-5-6(2,3)4;1-3-2;;/h1,5H2,2-4H3;3H,1-2H3;;. The molecule has 0 saturated heterocycles. The van der Waals surface area contributed by atoms with Crippen molar-refractivity contribution in [3.63, 3.8) is 0 Å². The summed E-state index contributed by atoms with van der Waals surface area (Å²) in [5.74, 6) is 0. The summed E-state index contributed by atoms with van der Waals surface area (Å²) in [6.07, 6.45) is 1.46. The first-order valence-corrected chi connectivity index (χ1v) is 9.60.